The van der Waals surface area contributed by atoms with E-state index in [0.29, 0.717) is 5.02 Å². The molecule has 0 unspecified atom stereocenters. The van der Waals surface area contributed by atoms with Crippen LogP contribution in [-0.4, -0.2) is 19.7 Å². The number of hydrogen-bond donors (Lipinski definition) is 0. The second-order valence-corrected chi connectivity index (χ2v) is 3.69. The van der Waals surface area contributed by atoms with Gasteiger partial charge in [-0.2, -0.15) is 0 Å². The number of halogens is 1. The molecule has 5 heteroatoms. The summed E-state index contributed by atoms with van der Waals surface area (Å²) in [6.45, 7) is -0.0657. The Balaban J connectivity index is 2.31. The molecule has 0 saturated carbocycles. The van der Waals surface area contributed by atoms with Gasteiger partial charge in [0.1, 0.15) is 0 Å². The summed E-state index contributed by atoms with van der Waals surface area (Å²) in [5.74, 6) is -0.397. The summed E-state index contributed by atoms with van der Waals surface area (Å²) >= 11 is 6.81. The maximum atomic E-state index is 10.7. The standard InChI is InChI=1S/C9H9ClO3S/c1-12-9(11)6-13-14-8-4-2-7(10)3-5-8/h2-5H,6H2,1H3. The smallest absolute Gasteiger partial charge is 0.333 e. The molecule has 0 amide bonds. The lowest BCUT2D eigenvalue weighted by Crippen LogP contribution is -2.06. The Kier molecular flexibility index (Phi) is 4.79. The molecule has 76 valence electrons. The van der Waals surface area contributed by atoms with E-state index in [1.165, 1.54) is 7.11 Å². The van der Waals surface area contributed by atoms with Crippen LogP contribution in [0.4, 0.5) is 0 Å². The number of methoxy groups -OCH3 is 1. The van der Waals surface area contributed by atoms with E-state index in [1.54, 1.807) is 12.1 Å². The highest BCUT2D eigenvalue weighted by atomic mass is 35.5. The SMILES string of the molecule is COC(=O)COSc1ccc(Cl)cc1. The van der Waals surface area contributed by atoms with Crippen molar-refractivity contribution in [2.75, 3.05) is 13.7 Å². The first-order valence-corrected chi connectivity index (χ1v) is 4.96. The van der Waals surface area contributed by atoms with Crippen LogP contribution in [0.3, 0.4) is 0 Å². The maximum Gasteiger partial charge on any atom is 0.333 e. The van der Waals surface area contributed by atoms with E-state index in [4.69, 9.17) is 15.8 Å². The van der Waals surface area contributed by atoms with Crippen molar-refractivity contribution in [1.82, 2.24) is 0 Å². The van der Waals surface area contributed by atoms with E-state index in [9.17, 15) is 4.79 Å². The summed E-state index contributed by atoms with van der Waals surface area (Å²) in [5.41, 5.74) is 0. The Morgan fingerprint density at radius 2 is 2.07 bits per heavy atom. The van der Waals surface area contributed by atoms with E-state index in [2.05, 4.69) is 4.74 Å². The minimum absolute atomic E-state index is 0.0657. The van der Waals surface area contributed by atoms with Gasteiger partial charge >= 0.3 is 5.97 Å². The quantitative estimate of drug-likeness (QED) is 0.590. The molecule has 0 radical (unpaired) electrons. The summed E-state index contributed by atoms with van der Waals surface area (Å²) in [6, 6.07) is 7.13. The first-order valence-electron chi connectivity index (χ1n) is 3.84. The second kappa shape index (κ2) is 5.90. The second-order valence-electron chi connectivity index (χ2n) is 2.38. The summed E-state index contributed by atoms with van der Waals surface area (Å²) in [7, 11) is 1.32. The topological polar surface area (TPSA) is 35.5 Å². The molecular formula is C9H9ClO3S. The van der Waals surface area contributed by atoms with Crippen molar-refractivity contribution in [2.45, 2.75) is 4.90 Å². The minimum Gasteiger partial charge on any atom is -0.467 e. The third kappa shape index (κ3) is 4.00. The lowest BCUT2D eigenvalue weighted by Gasteiger charge is -2.01. The summed E-state index contributed by atoms with van der Waals surface area (Å²) in [5, 5.41) is 0.669. The summed E-state index contributed by atoms with van der Waals surface area (Å²) in [6.07, 6.45) is 0. The Hall–Kier alpha value is -0.710. The van der Waals surface area contributed by atoms with Crippen LogP contribution in [-0.2, 0) is 13.7 Å². The molecule has 0 spiro atoms. The first kappa shape index (κ1) is 11.4. The molecule has 0 saturated heterocycles. The number of benzene rings is 1. The van der Waals surface area contributed by atoms with Gasteiger partial charge in [0.2, 0.25) is 0 Å². The van der Waals surface area contributed by atoms with Crippen LogP contribution in [0.15, 0.2) is 29.2 Å². The van der Waals surface area contributed by atoms with Crippen molar-refractivity contribution in [3.05, 3.63) is 29.3 Å². The molecule has 0 aliphatic rings. The highest BCUT2D eigenvalue weighted by Gasteiger charge is 2.01. The van der Waals surface area contributed by atoms with E-state index in [-0.39, 0.29) is 6.61 Å². The molecule has 0 atom stereocenters. The van der Waals surface area contributed by atoms with Crippen LogP contribution in [0.2, 0.25) is 5.02 Å². The van der Waals surface area contributed by atoms with E-state index in [0.717, 1.165) is 16.9 Å². The molecule has 1 rings (SSSR count). The minimum atomic E-state index is -0.397. The molecule has 0 aliphatic heterocycles. The van der Waals surface area contributed by atoms with Gasteiger partial charge in [0.25, 0.3) is 0 Å². The Bertz CT molecular complexity index is 299. The molecule has 3 nitrogen and oxygen atoms in total. The monoisotopic (exact) mass is 232 g/mol. The van der Waals surface area contributed by atoms with Crippen molar-refractivity contribution >= 4 is 29.6 Å². The average Bonchev–Trinajstić information content (AvgIpc) is 2.21. The van der Waals surface area contributed by atoms with Gasteiger partial charge in [0, 0.05) is 22.0 Å². The number of ether oxygens (including phenoxy) is 1. The molecule has 0 bridgehead atoms. The molecule has 0 fully saturated rings. The largest absolute Gasteiger partial charge is 0.467 e. The van der Waals surface area contributed by atoms with Crippen LogP contribution in [0, 0.1) is 0 Å². The normalized spacial score (nSPS) is 9.86. The van der Waals surface area contributed by atoms with Crippen molar-refractivity contribution in [1.29, 1.82) is 0 Å². The highest BCUT2D eigenvalue weighted by molar-refractivity contribution is 7.94. The Morgan fingerprint density at radius 3 is 2.64 bits per heavy atom. The molecule has 0 aromatic heterocycles. The van der Waals surface area contributed by atoms with Gasteiger partial charge in [-0.1, -0.05) is 11.6 Å². The number of hydrogen-bond acceptors (Lipinski definition) is 4. The molecule has 1 aromatic carbocycles. The van der Waals surface area contributed by atoms with Gasteiger partial charge in [0.15, 0.2) is 6.61 Å². The average molecular weight is 233 g/mol. The number of carbonyl (C=O) groups excluding carboxylic acids is 1. The lowest BCUT2D eigenvalue weighted by molar-refractivity contribution is -0.142. The molecule has 14 heavy (non-hydrogen) atoms. The van der Waals surface area contributed by atoms with Gasteiger partial charge in [-0.25, -0.2) is 4.79 Å². The Morgan fingerprint density at radius 1 is 1.43 bits per heavy atom. The van der Waals surface area contributed by atoms with Crippen LogP contribution in [0.25, 0.3) is 0 Å². The van der Waals surface area contributed by atoms with Crippen LogP contribution in [0.1, 0.15) is 0 Å². The van der Waals surface area contributed by atoms with Crippen molar-refractivity contribution in [2.24, 2.45) is 0 Å². The fraction of sp³-hybridized carbons (Fsp3) is 0.222. The highest BCUT2D eigenvalue weighted by Crippen LogP contribution is 2.20. The zero-order valence-corrected chi connectivity index (χ0v) is 9.10. The third-order valence-electron chi connectivity index (χ3n) is 1.37. The number of rotatable bonds is 4. The van der Waals surface area contributed by atoms with E-state index >= 15 is 0 Å². The van der Waals surface area contributed by atoms with Crippen molar-refractivity contribution < 1.29 is 13.7 Å². The Labute approximate surface area is 91.6 Å². The molecule has 0 N–H and O–H groups in total. The summed E-state index contributed by atoms with van der Waals surface area (Å²) < 4.78 is 9.42. The van der Waals surface area contributed by atoms with Crippen molar-refractivity contribution in [3.8, 4) is 0 Å². The zero-order valence-electron chi connectivity index (χ0n) is 7.53. The predicted molar refractivity (Wildman–Crippen MR) is 55.3 cm³/mol. The zero-order chi connectivity index (χ0) is 10.4. The molecule has 0 heterocycles. The van der Waals surface area contributed by atoms with Crippen LogP contribution >= 0.6 is 23.6 Å². The summed E-state index contributed by atoms with van der Waals surface area (Å²) in [4.78, 5) is 11.6. The van der Waals surface area contributed by atoms with Gasteiger partial charge in [-0.15, -0.1) is 0 Å². The van der Waals surface area contributed by atoms with Crippen LogP contribution < -0.4 is 0 Å². The first-order chi connectivity index (χ1) is 6.72. The van der Waals surface area contributed by atoms with E-state index in [1.807, 2.05) is 12.1 Å². The van der Waals surface area contributed by atoms with Gasteiger partial charge in [0.05, 0.1) is 7.11 Å². The predicted octanol–water partition coefficient (Wildman–Crippen LogP) is 2.54. The third-order valence-corrected chi connectivity index (χ3v) is 2.33. The van der Waals surface area contributed by atoms with Gasteiger partial charge in [-0.05, 0) is 24.3 Å². The fourth-order valence-electron chi connectivity index (χ4n) is 0.695. The molecule has 0 aliphatic carbocycles. The van der Waals surface area contributed by atoms with Gasteiger partial charge in [-0.3, -0.25) is 4.18 Å². The molecule has 1 aromatic rings. The van der Waals surface area contributed by atoms with Gasteiger partial charge < -0.3 is 4.74 Å². The number of esters is 1. The lowest BCUT2D eigenvalue weighted by atomic mass is 10.4. The maximum absolute atomic E-state index is 10.7. The van der Waals surface area contributed by atoms with Crippen molar-refractivity contribution in [3.63, 3.8) is 0 Å². The van der Waals surface area contributed by atoms with Crippen LogP contribution in [0.5, 0.6) is 0 Å². The number of carbonyl (C=O) groups is 1. The molecular weight excluding hydrogens is 224 g/mol. The fourth-order valence-corrected chi connectivity index (χ4v) is 1.36. The van der Waals surface area contributed by atoms with E-state index < -0.39 is 5.97 Å².